The highest BCUT2D eigenvalue weighted by molar-refractivity contribution is 6.33. The van der Waals surface area contributed by atoms with Crippen molar-refractivity contribution in [1.82, 2.24) is 19.9 Å². The number of nitrogens with one attached hydrogen (secondary N) is 1. The van der Waals surface area contributed by atoms with E-state index in [0.29, 0.717) is 28.6 Å². The van der Waals surface area contributed by atoms with E-state index in [1.165, 1.54) is 12.8 Å². The van der Waals surface area contributed by atoms with Gasteiger partial charge in [-0.25, -0.2) is 9.50 Å². The normalized spacial score (nSPS) is 11.8. The van der Waals surface area contributed by atoms with Gasteiger partial charge in [0, 0.05) is 28.6 Å². The maximum Gasteiger partial charge on any atom is 0.270 e. The Morgan fingerprint density at radius 1 is 1.14 bits per heavy atom. The monoisotopic (exact) mass is 412 g/mol. The van der Waals surface area contributed by atoms with Crippen molar-refractivity contribution in [1.29, 1.82) is 0 Å². The van der Waals surface area contributed by atoms with E-state index < -0.39 is 0 Å². The molecular formula is C23H29ClN4O. The fourth-order valence-electron chi connectivity index (χ4n) is 3.15. The van der Waals surface area contributed by atoms with Crippen LogP contribution in [0.2, 0.25) is 5.02 Å². The van der Waals surface area contributed by atoms with Crippen LogP contribution in [0.25, 0.3) is 16.9 Å². The number of hydrogen-bond donors (Lipinski definition) is 1. The molecule has 0 atom stereocenters. The Bertz CT molecular complexity index is 1000. The molecule has 1 amide bonds. The van der Waals surface area contributed by atoms with Gasteiger partial charge in [-0.05, 0) is 18.6 Å². The van der Waals surface area contributed by atoms with E-state index in [1.54, 1.807) is 10.6 Å². The maximum absolute atomic E-state index is 13.0. The highest BCUT2D eigenvalue weighted by atomic mass is 35.5. The van der Waals surface area contributed by atoms with Gasteiger partial charge in [-0.15, -0.1) is 0 Å². The first-order valence-electron chi connectivity index (χ1n) is 10.3. The number of hydrogen-bond acceptors (Lipinski definition) is 3. The predicted octanol–water partition coefficient (Wildman–Crippen LogP) is 5.66. The van der Waals surface area contributed by atoms with Crippen LogP contribution in [0.3, 0.4) is 0 Å². The van der Waals surface area contributed by atoms with Crippen LogP contribution >= 0.6 is 11.6 Å². The van der Waals surface area contributed by atoms with Crippen molar-refractivity contribution in [3.63, 3.8) is 0 Å². The first-order chi connectivity index (χ1) is 13.8. The molecule has 2 heterocycles. The lowest BCUT2D eigenvalue weighted by Crippen LogP contribution is -2.27. The van der Waals surface area contributed by atoms with Gasteiger partial charge in [-0.3, -0.25) is 4.79 Å². The van der Waals surface area contributed by atoms with Gasteiger partial charge in [-0.2, -0.15) is 5.10 Å². The van der Waals surface area contributed by atoms with Crippen molar-refractivity contribution in [3.8, 4) is 11.3 Å². The number of carbonyl (C=O) groups excluding carboxylic acids is 1. The lowest BCUT2D eigenvalue weighted by molar-refractivity contribution is 0.0945. The van der Waals surface area contributed by atoms with Crippen LogP contribution in [0, 0.1) is 0 Å². The van der Waals surface area contributed by atoms with Gasteiger partial charge in [0.05, 0.1) is 11.4 Å². The molecule has 0 fully saturated rings. The van der Waals surface area contributed by atoms with Crippen molar-refractivity contribution in [2.75, 3.05) is 6.54 Å². The Morgan fingerprint density at radius 2 is 1.90 bits per heavy atom. The summed E-state index contributed by atoms with van der Waals surface area (Å²) in [5.74, 6) is -0.147. The Morgan fingerprint density at radius 3 is 2.59 bits per heavy atom. The van der Waals surface area contributed by atoms with Crippen LogP contribution in [0.5, 0.6) is 0 Å². The number of fused-ring (bicyclic) bond motifs is 1. The summed E-state index contributed by atoms with van der Waals surface area (Å²) in [5.41, 5.74) is 3.32. The number of rotatable bonds is 7. The maximum atomic E-state index is 13.0. The third kappa shape index (κ3) is 4.96. The van der Waals surface area contributed by atoms with Crippen LogP contribution in [0.15, 0.2) is 36.4 Å². The molecule has 3 aromatic rings. The Hall–Kier alpha value is -2.40. The zero-order chi connectivity index (χ0) is 21.0. The molecule has 5 nitrogen and oxygen atoms in total. The number of nitrogens with zero attached hydrogens (tertiary/aromatic N) is 3. The Kier molecular flexibility index (Phi) is 6.58. The Balaban J connectivity index is 2.02. The highest BCUT2D eigenvalue weighted by Gasteiger charge is 2.22. The lowest BCUT2D eigenvalue weighted by Gasteiger charge is -2.13. The van der Waals surface area contributed by atoms with Gasteiger partial charge in [0.1, 0.15) is 5.69 Å². The molecule has 29 heavy (non-hydrogen) atoms. The lowest BCUT2D eigenvalue weighted by atomic mass is 9.93. The molecule has 1 N–H and O–H groups in total. The second kappa shape index (κ2) is 8.95. The van der Waals surface area contributed by atoms with Crippen LogP contribution in [0.4, 0.5) is 0 Å². The topological polar surface area (TPSA) is 59.3 Å². The van der Waals surface area contributed by atoms with Crippen LogP contribution in [-0.4, -0.2) is 27.0 Å². The average molecular weight is 413 g/mol. The standard InChI is InChI=1S/C23H29ClN4O/c1-5-6-7-10-13-25-22(29)19-14-18(16-11-8-9-12-17(16)24)26-21-15-20(23(2,3)4)27-28(19)21/h8-9,11-12,14-15H,5-7,10,13H2,1-4H3,(H,25,29). The number of benzene rings is 1. The molecule has 0 saturated heterocycles. The number of unbranched alkanes of at least 4 members (excludes halogenated alkanes) is 3. The number of amides is 1. The van der Waals surface area contributed by atoms with E-state index in [2.05, 4.69) is 38.1 Å². The first kappa shape index (κ1) is 21.3. The summed E-state index contributed by atoms with van der Waals surface area (Å²) < 4.78 is 1.64. The molecule has 0 unspecified atom stereocenters. The largest absolute Gasteiger partial charge is 0.351 e. The summed E-state index contributed by atoms with van der Waals surface area (Å²) in [5, 5.41) is 8.31. The van der Waals surface area contributed by atoms with Crippen LogP contribution < -0.4 is 5.32 Å². The third-order valence-corrected chi connectivity index (χ3v) is 5.22. The second-order valence-corrected chi connectivity index (χ2v) is 8.78. The van der Waals surface area contributed by atoms with Crippen molar-refractivity contribution in [2.24, 2.45) is 0 Å². The van der Waals surface area contributed by atoms with Crippen molar-refractivity contribution in [2.45, 2.75) is 58.8 Å². The third-order valence-electron chi connectivity index (χ3n) is 4.89. The summed E-state index contributed by atoms with van der Waals surface area (Å²) in [6.07, 6.45) is 4.43. The number of halogens is 1. The van der Waals surface area contributed by atoms with Gasteiger partial charge in [-0.1, -0.05) is 76.8 Å². The summed E-state index contributed by atoms with van der Waals surface area (Å²) in [7, 11) is 0. The van der Waals surface area contributed by atoms with Crippen molar-refractivity contribution >= 4 is 23.2 Å². The molecule has 0 aliphatic rings. The highest BCUT2D eigenvalue weighted by Crippen LogP contribution is 2.29. The van der Waals surface area contributed by atoms with E-state index in [1.807, 2.05) is 30.3 Å². The fraction of sp³-hybridized carbons (Fsp3) is 0.435. The minimum Gasteiger partial charge on any atom is -0.351 e. The van der Waals surface area contributed by atoms with E-state index in [-0.39, 0.29) is 11.3 Å². The quantitative estimate of drug-likeness (QED) is 0.509. The molecule has 0 bridgehead atoms. The summed E-state index contributed by atoms with van der Waals surface area (Å²) in [6.45, 7) is 9.11. The average Bonchev–Trinajstić information content (AvgIpc) is 3.12. The first-order valence-corrected chi connectivity index (χ1v) is 10.6. The molecule has 6 heteroatoms. The fourth-order valence-corrected chi connectivity index (χ4v) is 3.39. The SMILES string of the molecule is CCCCCCNC(=O)c1cc(-c2ccccc2Cl)nc2cc(C(C)(C)C)nn12. The second-order valence-electron chi connectivity index (χ2n) is 8.37. The smallest absolute Gasteiger partial charge is 0.270 e. The zero-order valence-electron chi connectivity index (χ0n) is 17.6. The van der Waals surface area contributed by atoms with Gasteiger partial charge >= 0.3 is 0 Å². The number of carbonyl (C=O) groups is 1. The summed E-state index contributed by atoms with van der Waals surface area (Å²) in [6, 6.07) is 11.2. The minimum atomic E-state index is -0.147. The summed E-state index contributed by atoms with van der Waals surface area (Å²) >= 11 is 6.39. The van der Waals surface area contributed by atoms with Crippen molar-refractivity contribution in [3.05, 3.63) is 52.8 Å². The van der Waals surface area contributed by atoms with Gasteiger partial charge in [0.15, 0.2) is 5.65 Å². The molecular weight excluding hydrogens is 384 g/mol. The molecule has 3 rings (SSSR count). The zero-order valence-corrected chi connectivity index (χ0v) is 18.4. The summed E-state index contributed by atoms with van der Waals surface area (Å²) in [4.78, 5) is 17.7. The van der Waals surface area contributed by atoms with Gasteiger partial charge in [0.2, 0.25) is 0 Å². The van der Waals surface area contributed by atoms with E-state index in [4.69, 9.17) is 16.6 Å². The molecule has 0 spiro atoms. The van der Waals surface area contributed by atoms with Gasteiger partial charge in [0.25, 0.3) is 5.91 Å². The van der Waals surface area contributed by atoms with Gasteiger partial charge < -0.3 is 5.32 Å². The van der Waals surface area contributed by atoms with Crippen molar-refractivity contribution < 1.29 is 4.79 Å². The molecule has 1 aromatic carbocycles. The van der Waals surface area contributed by atoms with Crippen LogP contribution in [-0.2, 0) is 5.41 Å². The van der Waals surface area contributed by atoms with E-state index in [9.17, 15) is 4.79 Å². The molecule has 0 saturated carbocycles. The number of aromatic nitrogens is 3. The van der Waals surface area contributed by atoms with E-state index >= 15 is 0 Å². The minimum absolute atomic E-state index is 0.147. The molecule has 2 aromatic heterocycles. The molecule has 0 radical (unpaired) electrons. The Labute approximate surface area is 177 Å². The molecule has 0 aliphatic carbocycles. The molecule has 154 valence electrons. The predicted molar refractivity (Wildman–Crippen MR) is 119 cm³/mol. The van der Waals surface area contributed by atoms with Crippen LogP contribution in [0.1, 0.15) is 69.6 Å². The van der Waals surface area contributed by atoms with E-state index in [0.717, 1.165) is 24.1 Å². The molecule has 0 aliphatic heterocycles.